The lowest BCUT2D eigenvalue weighted by Crippen LogP contribution is -2.17. The van der Waals surface area contributed by atoms with E-state index in [0.717, 1.165) is 0 Å². The highest BCUT2D eigenvalue weighted by atomic mass is 19.4. The van der Waals surface area contributed by atoms with Gasteiger partial charge in [-0.15, -0.1) is 0 Å². The number of aliphatic carboxylic acids is 1. The average molecular weight is 273 g/mol. The van der Waals surface area contributed by atoms with Crippen molar-refractivity contribution in [3.05, 3.63) is 29.1 Å². The molecule has 0 atom stereocenters. The van der Waals surface area contributed by atoms with E-state index >= 15 is 0 Å². The van der Waals surface area contributed by atoms with Crippen molar-refractivity contribution in [2.24, 2.45) is 0 Å². The van der Waals surface area contributed by atoms with Crippen LogP contribution in [-0.2, 0) is 23.6 Å². The van der Waals surface area contributed by atoms with Gasteiger partial charge in [0.05, 0.1) is 17.7 Å². The fourth-order valence-electron chi connectivity index (χ4n) is 1.20. The van der Waals surface area contributed by atoms with Crippen LogP contribution in [0.2, 0.25) is 0 Å². The number of aromatic nitrogens is 1. The first-order valence-electron chi connectivity index (χ1n) is 4.38. The van der Waals surface area contributed by atoms with E-state index in [-0.39, 0.29) is 12.1 Å². The summed E-state index contributed by atoms with van der Waals surface area (Å²) in [5, 5.41) is 8.36. The summed E-state index contributed by atoms with van der Waals surface area (Å²) in [6.45, 7) is 0. The summed E-state index contributed by atoms with van der Waals surface area (Å²) in [6, 6.07) is 0.336. The maximum Gasteiger partial charge on any atom is 0.433 e. The zero-order valence-electron chi connectivity index (χ0n) is 8.43. The van der Waals surface area contributed by atoms with Gasteiger partial charge < -0.3 is 5.11 Å². The summed E-state index contributed by atoms with van der Waals surface area (Å²) in [4.78, 5) is 13.0. The highest BCUT2D eigenvalue weighted by Gasteiger charge is 2.38. The Labute approximate surface area is 96.1 Å². The van der Waals surface area contributed by atoms with E-state index in [1.807, 2.05) is 0 Å². The van der Waals surface area contributed by atoms with Crippen molar-refractivity contribution in [1.29, 1.82) is 0 Å². The minimum absolute atomic E-state index is 0.161. The standard InChI is InChI=1S/C9H5F6NO2/c10-8(11,12)4-1-2-6(9(13,14)15)16-5(4)3-7(17)18/h1-2H,3H2,(H,17,18). The van der Waals surface area contributed by atoms with Crippen LogP contribution in [0.4, 0.5) is 26.3 Å². The SMILES string of the molecule is O=C(O)Cc1nc(C(F)(F)F)ccc1C(F)(F)F. The highest BCUT2D eigenvalue weighted by Crippen LogP contribution is 2.34. The smallest absolute Gasteiger partial charge is 0.433 e. The molecule has 0 saturated carbocycles. The third kappa shape index (κ3) is 3.34. The maximum atomic E-state index is 12.4. The van der Waals surface area contributed by atoms with E-state index in [0.29, 0.717) is 0 Å². The first-order valence-corrected chi connectivity index (χ1v) is 4.38. The minimum Gasteiger partial charge on any atom is -0.481 e. The molecule has 0 aliphatic rings. The van der Waals surface area contributed by atoms with Crippen molar-refractivity contribution in [2.75, 3.05) is 0 Å². The Morgan fingerprint density at radius 2 is 1.67 bits per heavy atom. The minimum atomic E-state index is -4.96. The molecule has 1 aromatic heterocycles. The van der Waals surface area contributed by atoms with Gasteiger partial charge in [-0.05, 0) is 12.1 Å². The van der Waals surface area contributed by atoms with Gasteiger partial charge in [-0.2, -0.15) is 26.3 Å². The fraction of sp³-hybridized carbons (Fsp3) is 0.333. The molecule has 1 rings (SSSR count). The molecule has 9 heteroatoms. The number of pyridine rings is 1. The number of nitrogens with zero attached hydrogens (tertiary/aromatic N) is 1. The quantitative estimate of drug-likeness (QED) is 0.843. The van der Waals surface area contributed by atoms with Crippen molar-refractivity contribution in [3.8, 4) is 0 Å². The molecule has 18 heavy (non-hydrogen) atoms. The molecule has 0 fully saturated rings. The fourth-order valence-corrected chi connectivity index (χ4v) is 1.20. The van der Waals surface area contributed by atoms with Gasteiger partial charge in [0, 0.05) is 0 Å². The summed E-state index contributed by atoms with van der Waals surface area (Å²) in [5.41, 5.74) is -4.21. The highest BCUT2D eigenvalue weighted by molar-refractivity contribution is 5.70. The first-order chi connectivity index (χ1) is 8.01. The zero-order valence-corrected chi connectivity index (χ0v) is 8.43. The van der Waals surface area contributed by atoms with E-state index in [2.05, 4.69) is 4.98 Å². The maximum absolute atomic E-state index is 12.4. The summed E-state index contributed by atoms with van der Waals surface area (Å²) in [7, 11) is 0. The second-order valence-corrected chi connectivity index (χ2v) is 3.26. The molecule has 1 heterocycles. The Morgan fingerprint density at radius 1 is 1.11 bits per heavy atom. The van der Waals surface area contributed by atoms with E-state index < -0.39 is 41.7 Å². The molecule has 0 unspecified atom stereocenters. The number of halogens is 6. The van der Waals surface area contributed by atoms with Gasteiger partial charge >= 0.3 is 18.3 Å². The molecule has 100 valence electrons. The van der Waals surface area contributed by atoms with E-state index in [9.17, 15) is 31.1 Å². The lowest BCUT2D eigenvalue weighted by Gasteiger charge is -2.13. The summed E-state index contributed by atoms with van der Waals surface area (Å²) in [6.07, 6.45) is -11.1. The summed E-state index contributed by atoms with van der Waals surface area (Å²) >= 11 is 0. The van der Waals surface area contributed by atoms with Crippen LogP contribution in [-0.4, -0.2) is 16.1 Å². The number of carboxylic acid groups (broad SMARTS) is 1. The average Bonchev–Trinajstić information content (AvgIpc) is 2.13. The third-order valence-electron chi connectivity index (χ3n) is 1.89. The van der Waals surface area contributed by atoms with E-state index in [4.69, 9.17) is 5.11 Å². The monoisotopic (exact) mass is 273 g/mol. The molecule has 0 bridgehead atoms. The Morgan fingerprint density at radius 3 is 2.06 bits per heavy atom. The number of rotatable bonds is 2. The Bertz CT molecular complexity index is 465. The van der Waals surface area contributed by atoms with Gasteiger partial charge in [0.25, 0.3) is 0 Å². The predicted molar refractivity (Wildman–Crippen MR) is 45.6 cm³/mol. The molecule has 0 aliphatic heterocycles. The van der Waals surface area contributed by atoms with Crippen molar-refractivity contribution in [3.63, 3.8) is 0 Å². The lowest BCUT2D eigenvalue weighted by atomic mass is 10.1. The Balaban J connectivity index is 3.34. The first kappa shape index (κ1) is 14.3. The van der Waals surface area contributed by atoms with E-state index in [1.165, 1.54) is 0 Å². The van der Waals surface area contributed by atoms with Gasteiger partial charge in [0.2, 0.25) is 0 Å². The number of hydrogen-bond acceptors (Lipinski definition) is 2. The Hall–Kier alpha value is -1.80. The van der Waals surface area contributed by atoms with Crippen molar-refractivity contribution in [1.82, 2.24) is 4.98 Å². The van der Waals surface area contributed by atoms with Crippen LogP contribution in [0.3, 0.4) is 0 Å². The third-order valence-corrected chi connectivity index (χ3v) is 1.89. The van der Waals surface area contributed by atoms with Gasteiger partial charge in [-0.3, -0.25) is 4.79 Å². The lowest BCUT2D eigenvalue weighted by molar-refractivity contribution is -0.146. The van der Waals surface area contributed by atoms with Crippen molar-refractivity contribution >= 4 is 5.97 Å². The van der Waals surface area contributed by atoms with Gasteiger partial charge in [0.1, 0.15) is 5.69 Å². The summed E-state index contributed by atoms with van der Waals surface area (Å²) in [5.74, 6) is -1.70. The molecule has 0 aromatic carbocycles. The number of alkyl halides is 6. The van der Waals surface area contributed by atoms with Crippen LogP contribution in [0.25, 0.3) is 0 Å². The summed E-state index contributed by atoms with van der Waals surface area (Å²) < 4.78 is 74.0. The largest absolute Gasteiger partial charge is 0.481 e. The number of carboxylic acids is 1. The molecule has 0 spiro atoms. The predicted octanol–water partition coefficient (Wildman–Crippen LogP) is 2.75. The second kappa shape index (κ2) is 4.46. The molecule has 0 aliphatic carbocycles. The zero-order chi connectivity index (χ0) is 14.1. The molecule has 0 radical (unpaired) electrons. The molecule has 0 amide bonds. The van der Waals surface area contributed by atoms with Crippen LogP contribution >= 0.6 is 0 Å². The molecular weight excluding hydrogens is 268 g/mol. The van der Waals surface area contributed by atoms with Crippen LogP contribution in [0.5, 0.6) is 0 Å². The number of carbonyl (C=O) groups is 1. The van der Waals surface area contributed by atoms with Crippen LogP contribution in [0.15, 0.2) is 12.1 Å². The van der Waals surface area contributed by atoms with Crippen LogP contribution < -0.4 is 0 Å². The molecule has 1 N–H and O–H groups in total. The van der Waals surface area contributed by atoms with Gasteiger partial charge in [-0.25, -0.2) is 4.98 Å². The van der Waals surface area contributed by atoms with Crippen molar-refractivity contribution in [2.45, 2.75) is 18.8 Å². The molecule has 1 aromatic rings. The molecule has 3 nitrogen and oxygen atoms in total. The normalized spacial score (nSPS) is 12.6. The second-order valence-electron chi connectivity index (χ2n) is 3.26. The van der Waals surface area contributed by atoms with Gasteiger partial charge in [0.15, 0.2) is 0 Å². The van der Waals surface area contributed by atoms with E-state index in [1.54, 1.807) is 0 Å². The van der Waals surface area contributed by atoms with Gasteiger partial charge in [-0.1, -0.05) is 0 Å². The Kier molecular flexibility index (Phi) is 3.54. The topological polar surface area (TPSA) is 50.2 Å². The molecular formula is C9H5F6NO2. The van der Waals surface area contributed by atoms with Crippen LogP contribution in [0.1, 0.15) is 17.0 Å². The number of hydrogen-bond donors (Lipinski definition) is 1. The van der Waals surface area contributed by atoms with Crippen molar-refractivity contribution < 1.29 is 36.2 Å². The molecule has 0 saturated heterocycles. The van der Waals surface area contributed by atoms with Crippen LogP contribution in [0, 0.1) is 0 Å².